The Morgan fingerprint density at radius 1 is 1.11 bits per heavy atom. The number of carbonyl (C=O) groups excluding carboxylic acids is 1. The number of hydrogen-bond donors (Lipinski definition) is 1. The van der Waals surface area contributed by atoms with Crippen molar-refractivity contribution in [3.8, 4) is 0 Å². The van der Waals surface area contributed by atoms with E-state index in [2.05, 4.69) is 4.98 Å². The molecule has 2 aliphatic rings. The van der Waals surface area contributed by atoms with Gasteiger partial charge in [0.2, 0.25) is 0 Å². The summed E-state index contributed by atoms with van der Waals surface area (Å²) in [5.74, 6) is -0.444. The Bertz CT molecular complexity index is 1450. The van der Waals surface area contributed by atoms with E-state index in [0.29, 0.717) is 44.4 Å². The van der Waals surface area contributed by atoms with E-state index in [0.717, 1.165) is 0 Å². The highest BCUT2D eigenvalue weighted by molar-refractivity contribution is 7.91. The van der Waals surface area contributed by atoms with Crippen LogP contribution in [0, 0.1) is 0 Å². The number of rotatable bonds is 6. The minimum absolute atomic E-state index is 0.0194. The monoisotopic (exact) mass is 560 g/mol. The Morgan fingerprint density at radius 2 is 1.81 bits per heavy atom. The average Bonchev–Trinajstić information content (AvgIpc) is 3.29. The second-order valence-electron chi connectivity index (χ2n) is 9.97. The van der Waals surface area contributed by atoms with Gasteiger partial charge in [-0.15, -0.1) is 0 Å². The number of aliphatic hydroxyl groups is 1. The molecule has 0 saturated carbocycles. The van der Waals surface area contributed by atoms with Gasteiger partial charge in [0.1, 0.15) is 0 Å². The third-order valence-electron chi connectivity index (χ3n) is 6.82. The first-order valence-electron chi connectivity index (χ1n) is 11.8. The van der Waals surface area contributed by atoms with Gasteiger partial charge in [-0.2, -0.15) is 0 Å². The van der Waals surface area contributed by atoms with E-state index in [-0.39, 0.29) is 24.0 Å². The van der Waals surface area contributed by atoms with E-state index in [1.807, 2.05) is 0 Å². The molecule has 10 heteroatoms. The minimum atomic E-state index is -3.26. The number of halogens is 2. The van der Waals surface area contributed by atoms with Crippen LogP contribution in [0.15, 0.2) is 60.8 Å². The van der Waals surface area contributed by atoms with E-state index >= 15 is 0 Å². The molecule has 3 heterocycles. The molecule has 194 valence electrons. The van der Waals surface area contributed by atoms with Crippen molar-refractivity contribution in [1.29, 1.82) is 0 Å². The van der Waals surface area contributed by atoms with Crippen molar-refractivity contribution in [2.45, 2.75) is 44.2 Å². The molecule has 2 aliphatic heterocycles. The Morgan fingerprint density at radius 3 is 2.41 bits per heavy atom. The molecule has 1 N–H and O–H groups in total. The lowest BCUT2D eigenvalue weighted by atomic mass is 9.89. The number of fused-ring (bicyclic) bond motifs is 1. The molecule has 0 bridgehead atoms. The normalized spacial score (nSPS) is 22.9. The largest absolute Gasteiger partial charge is 0.386 e. The minimum Gasteiger partial charge on any atom is -0.386 e. The summed E-state index contributed by atoms with van der Waals surface area (Å²) in [5.41, 5.74) is 0.0765. The van der Waals surface area contributed by atoms with Crippen molar-refractivity contribution in [3.63, 3.8) is 0 Å². The first-order valence-corrected chi connectivity index (χ1v) is 14.4. The van der Waals surface area contributed by atoms with E-state index in [4.69, 9.17) is 27.9 Å². The molecule has 3 aromatic rings. The Balaban J connectivity index is 1.73. The van der Waals surface area contributed by atoms with Crippen molar-refractivity contribution < 1.29 is 23.1 Å². The summed E-state index contributed by atoms with van der Waals surface area (Å²) in [6.45, 7) is 3.37. The lowest BCUT2D eigenvalue weighted by molar-refractivity contribution is -0.140. The van der Waals surface area contributed by atoms with Gasteiger partial charge in [-0.05, 0) is 56.2 Å². The fourth-order valence-electron chi connectivity index (χ4n) is 4.95. The number of carbonyl (C=O) groups is 1. The third kappa shape index (κ3) is 4.89. The van der Waals surface area contributed by atoms with Gasteiger partial charge < -0.3 is 9.84 Å². The number of amides is 1. The van der Waals surface area contributed by atoms with Crippen LogP contribution in [0.5, 0.6) is 0 Å². The van der Waals surface area contributed by atoms with Crippen LogP contribution in [0.2, 0.25) is 10.0 Å². The number of benzene rings is 2. The molecule has 1 amide bonds. The lowest BCUT2D eigenvalue weighted by Crippen LogP contribution is -2.48. The molecule has 1 aromatic heterocycles. The van der Waals surface area contributed by atoms with Crippen LogP contribution in [-0.4, -0.2) is 46.9 Å². The maximum absolute atomic E-state index is 14.1. The first-order chi connectivity index (χ1) is 17.4. The third-order valence-corrected chi connectivity index (χ3v) is 9.03. The van der Waals surface area contributed by atoms with Crippen LogP contribution in [0.1, 0.15) is 53.0 Å². The summed E-state index contributed by atoms with van der Waals surface area (Å²) < 4.78 is 31.4. The summed E-state index contributed by atoms with van der Waals surface area (Å²) in [4.78, 5) is 20.0. The number of aromatic nitrogens is 1. The second-order valence-corrected chi connectivity index (χ2v) is 13.1. The fourth-order valence-corrected chi connectivity index (χ4v) is 6.78. The molecule has 2 aromatic carbocycles. The Labute approximate surface area is 225 Å². The van der Waals surface area contributed by atoms with Crippen LogP contribution < -0.4 is 0 Å². The predicted molar refractivity (Wildman–Crippen MR) is 141 cm³/mol. The molecule has 7 nitrogen and oxygen atoms in total. The Hall–Kier alpha value is -2.49. The summed E-state index contributed by atoms with van der Waals surface area (Å²) in [6, 6.07) is 15.6. The number of nitrogens with zero attached hydrogens (tertiary/aromatic N) is 2. The molecule has 0 radical (unpaired) electrons. The quantitative estimate of drug-likeness (QED) is 0.470. The summed E-state index contributed by atoms with van der Waals surface area (Å²) in [7, 11) is -3.26. The highest BCUT2D eigenvalue weighted by Crippen LogP contribution is 2.48. The molecule has 0 spiro atoms. The van der Waals surface area contributed by atoms with Gasteiger partial charge in [0.05, 0.1) is 40.5 Å². The van der Waals surface area contributed by atoms with Gasteiger partial charge in [0.25, 0.3) is 5.91 Å². The smallest absolute Gasteiger partial charge is 0.257 e. The van der Waals surface area contributed by atoms with Gasteiger partial charge in [-0.1, -0.05) is 47.5 Å². The molecule has 0 aliphatic carbocycles. The Kier molecular flexibility index (Phi) is 6.61. The summed E-state index contributed by atoms with van der Waals surface area (Å²) in [5, 5.41) is 11.6. The molecule has 2 atom stereocenters. The van der Waals surface area contributed by atoms with Crippen molar-refractivity contribution >= 4 is 38.9 Å². The van der Waals surface area contributed by atoms with E-state index in [1.165, 1.54) is 6.20 Å². The molecule has 37 heavy (non-hydrogen) atoms. The maximum Gasteiger partial charge on any atom is 0.257 e. The number of pyridine rings is 1. The van der Waals surface area contributed by atoms with Crippen molar-refractivity contribution in [2.24, 2.45) is 0 Å². The van der Waals surface area contributed by atoms with E-state index in [1.54, 1.807) is 73.3 Å². The van der Waals surface area contributed by atoms with Gasteiger partial charge in [-0.25, -0.2) is 8.42 Å². The van der Waals surface area contributed by atoms with Crippen LogP contribution in [0.25, 0.3) is 0 Å². The summed E-state index contributed by atoms with van der Waals surface area (Å²) in [6.07, 6.45) is 1.19. The topological polar surface area (TPSA) is 96.8 Å². The first kappa shape index (κ1) is 26.1. The van der Waals surface area contributed by atoms with Crippen molar-refractivity contribution in [1.82, 2.24) is 9.88 Å². The number of sulfone groups is 1. The zero-order valence-electron chi connectivity index (χ0n) is 20.3. The highest BCUT2D eigenvalue weighted by atomic mass is 35.5. The second kappa shape index (κ2) is 9.36. The van der Waals surface area contributed by atoms with Crippen LogP contribution in [0.4, 0.5) is 0 Å². The fraction of sp³-hybridized carbons (Fsp3) is 0.333. The van der Waals surface area contributed by atoms with E-state index < -0.39 is 27.3 Å². The number of ether oxygens (including phenoxy) is 1. The van der Waals surface area contributed by atoms with Crippen molar-refractivity contribution in [2.75, 3.05) is 11.5 Å². The predicted octanol–water partition coefficient (Wildman–Crippen LogP) is 4.68. The summed E-state index contributed by atoms with van der Waals surface area (Å²) >= 11 is 12.2. The van der Waals surface area contributed by atoms with Crippen molar-refractivity contribution in [3.05, 3.63) is 98.8 Å². The molecule has 0 unspecified atom stereocenters. The van der Waals surface area contributed by atoms with E-state index in [9.17, 15) is 18.3 Å². The standard InChI is InChI=1S/C27H26Cl2N2O5S/c1-26(2,33)18-5-10-24-23(13-18)25(32)31(15-21-9-8-20(29)14-30-21)27(24,17-3-6-19(28)7-4-17)36-22-11-12-37(34,35)16-22/h3-10,13-14,22,33H,11-12,15-16H2,1-2H3/t22-,27-/m1/s1. The average molecular weight is 561 g/mol. The highest BCUT2D eigenvalue weighted by Gasteiger charge is 2.54. The molecular formula is C27H26Cl2N2O5S. The molecule has 1 fully saturated rings. The van der Waals surface area contributed by atoms with Gasteiger partial charge in [0.15, 0.2) is 15.6 Å². The lowest BCUT2D eigenvalue weighted by Gasteiger charge is -2.41. The van der Waals surface area contributed by atoms with Gasteiger partial charge in [-0.3, -0.25) is 14.7 Å². The molecular weight excluding hydrogens is 535 g/mol. The SMILES string of the molecule is CC(C)(O)c1ccc2c(c1)C(=O)N(Cc1ccc(Cl)cn1)[C@@]2(O[C@@H]1CCS(=O)(=O)C1)c1ccc(Cl)cc1. The van der Waals surface area contributed by atoms with Crippen LogP contribution >= 0.6 is 23.2 Å². The van der Waals surface area contributed by atoms with Gasteiger partial charge in [0, 0.05) is 27.9 Å². The van der Waals surface area contributed by atoms with Gasteiger partial charge >= 0.3 is 0 Å². The number of hydrogen-bond acceptors (Lipinski definition) is 6. The molecule has 5 rings (SSSR count). The zero-order chi connectivity index (χ0) is 26.6. The maximum atomic E-state index is 14.1. The van der Waals surface area contributed by atoms with Crippen LogP contribution in [0.3, 0.4) is 0 Å². The van der Waals surface area contributed by atoms with Crippen LogP contribution in [-0.2, 0) is 32.4 Å². The molecule has 1 saturated heterocycles. The zero-order valence-corrected chi connectivity index (χ0v) is 22.6.